The van der Waals surface area contributed by atoms with Crippen LogP contribution in [0.5, 0.6) is 0 Å². The van der Waals surface area contributed by atoms with E-state index in [9.17, 15) is 0 Å². The first-order valence-electron chi connectivity index (χ1n) is 5.56. The Balaban J connectivity index is 2.63. The molecule has 0 saturated heterocycles. The van der Waals surface area contributed by atoms with Gasteiger partial charge >= 0.3 is 0 Å². The number of aromatic amines is 1. The molecule has 0 spiro atoms. The lowest BCUT2D eigenvalue weighted by Gasteiger charge is -2.09. The summed E-state index contributed by atoms with van der Waals surface area (Å²) in [6.45, 7) is 4.16. The van der Waals surface area contributed by atoms with Crippen LogP contribution in [0.4, 0.5) is 0 Å². The van der Waals surface area contributed by atoms with Crippen molar-refractivity contribution in [1.29, 1.82) is 0 Å². The first-order chi connectivity index (χ1) is 8.13. The van der Waals surface area contributed by atoms with Gasteiger partial charge in [0.2, 0.25) is 0 Å². The summed E-state index contributed by atoms with van der Waals surface area (Å²) in [5, 5.41) is 7.80. The van der Waals surface area contributed by atoms with E-state index in [1.54, 1.807) is 0 Å². The van der Waals surface area contributed by atoms with Crippen LogP contribution in [0, 0.1) is 11.7 Å². The molecule has 0 aliphatic carbocycles. The molecule has 0 unspecified atom stereocenters. The molecule has 90 valence electrons. The minimum Gasteiger partial charge on any atom is -0.272 e. The molecule has 1 aromatic heterocycles. The second-order valence-electron chi connectivity index (χ2n) is 3.96. The molecule has 5 heteroatoms. The smallest absolute Gasteiger partial charge is 0.199 e. The Morgan fingerprint density at radius 3 is 2.94 bits per heavy atom. The van der Waals surface area contributed by atoms with Crippen LogP contribution in [0.3, 0.4) is 0 Å². The van der Waals surface area contributed by atoms with Crippen molar-refractivity contribution < 1.29 is 0 Å². The van der Waals surface area contributed by atoms with E-state index in [2.05, 4.69) is 17.1 Å². The van der Waals surface area contributed by atoms with Gasteiger partial charge in [0.05, 0.1) is 5.69 Å². The Morgan fingerprint density at radius 1 is 1.47 bits per heavy atom. The third-order valence-corrected chi connectivity index (χ3v) is 3.14. The molecule has 0 bridgehead atoms. The van der Waals surface area contributed by atoms with E-state index in [0.717, 1.165) is 29.9 Å². The average molecular weight is 268 g/mol. The number of hydrogen-bond donors (Lipinski definition) is 1. The first-order valence-corrected chi connectivity index (χ1v) is 6.35. The second kappa shape index (κ2) is 5.02. The van der Waals surface area contributed by atoms with E-state index in [1.807, 2.05) is 29.7 Å². The van der Waals surface area contributed by atoms with Crippen LogP contribution in [-0.2, 0) is 6.42 Å². The third-order valence-electron chi connectivity index (χ3n) is 2.63. The molecule has 0 saturated carbocycles. The number of H-pyrrole nitrogens is 1. The van der Waals surface area contributed by atoms with Crippen molar-refractivity contribution in [3.8, 4) is 5.69 Å². The van der Waals surface area contributed by atoms with Crippen molar-refractivity contribution in [2.24, 2.45) is 0 Å². The highest BCUT2D eigenvalue weighted by atomic mass is 35.5. The largest absolute Gasteiger partial charge is 0.272 e. The summed E-state index contributed by atoms with van der Waals surface area (Å²) in [7, 11) is 0. The van der Waals surface area contributed by atoms with Gasteiger partial charge < -0.3 is 0 Å². The van der Waals surface area contributed by atoms with Crippen LogP contribution in [-0.4, -0.2) is 14.8 Å². The zero-order valence-corrected chi connectivity index (χ0v) is 11.4. The van der Waals surface area contributed by atoms with E-state index in [-0.39, 0.29) is 0 Å². The summed E-state index contributed by atoms with van der Waals surface area (Å²) in [6.07, 6.45) is 1.92. The van der Waals surface area contributed by atoms with Crippen molar-refractivity contribution in [1.82, 2.24) is 14.8 Å². The van der Waals surface area contributed by atoms with Crippen molar-refractivity contribution in [2.45, 2.75) is 26.7 Å². The van der Waals surface area contributed by atoms with Gasteiger partial charge in [0.15, 0.2) is 4.77 Å². The maximum Gasteiger partial charge on any atom is 0.199 e. The van der Waals surface area contributed by atoms with Crippen molar-refractivity contribution >= 4 is 23.8 Å². The zero-order chi connectivity index (χ0) is 12.4. The average Bonchev–Trinajstić information content (AvgIpc) is 2.64. The number of nitrogens with zero attached hydrogens (tertiary/aromatic N) is 2. The van der Waals surface area contributed by atoms with Crippen LogP contribution < -0.4 is 0 Å². The monoisotopic (exact) mass is 267 g/mol. The van der Waals surface area contributed by atoms with Crippen LogP contribution in [0.15, 0.2) is 18.2 Å². The number of nitrogens with one attached hydrogen (secondary N) is 1. The molecule has 0 amide bonds. The lowest BCUT2D eigenvalue weighted by atomic mass is 10.2. The highest BCUT2D eigenvalue weighted by molar-refractivity contribution is 7.71. The fourth-order valence-corrected chi connectivity index (χ4v) is 2.21. The highest BCUT2D eigenvalue weighted by Crippen LogP contribution is 2.21. The van der Waals surface area contributed by atoms with Gasteiger partial charge in [0.1, 0.15) is 5.82 Å². The summed E-state index contributed by atoms with van der Waals surface area (Å²) in [5.74, 6) is 0.947. The summed E-state index contributed by atoms with van der Waals surface area (Å²) in [5.41, 5.74) is 2.13. The van der Waals surface area contributed by atoms with Crippen LogP contribution in [0.25, 0.3) is 5.69 Å². The van der Waals surface area contributed by atoms with Crippen LogP contribution in [0.2, 0.25) is 5.02 Å². The molecule has 0 atom stereocenters. The van der Waals surface area contributed by atoms with Crippen LogP contribution >= 0.6 is 23.8 Å². The fourth-order valence-electron chi connectivity index (χ4n) is 1.79. The van der Waals surface area contributed by atoms with Gasteiger partial charge in [-0.05, 0) is 43.3 Å². The minimum atomic E-state index is 0.610. The fraction of sp³-hybridized carbons (Fsp3) is 0.333. The predicted molar refractivity (Wildman–Crippen MR) is 72.5 cm³/mol. The number of benzene rings is 1. The minimum absolute atomic E-state index is 0.610. The molecule has 2 rings (SSSR count). The van der Waals surface area contributed by atoms with Crippen molar-refractivity contribution in [2.75, 3.05) is 0 Å². The molecule has 0 fully saturated rings. The van der Waals surface area contributed by atoms with Crippen molar-refractivity contribution in [3.05, 3.63) is 39.4 Å². The quantitative estimate of drug-likeness (QED) is 0.857. The molecule has 1 heterocycles. The topological polar surface area (TPSA) is 33.6 Å². The van der Waals surface area contributed by atoms with E-state index in [1.165, 1.54) is 0 Å². The van der Waals surface area contributed by atoms with Gasteiger partial charge in [-0.3, -0.25) is 9.67 Å². The van der Waals surface area contributed by atoms with Crippen molar-refractivity contribution in [3.63, 3.8) is 0 Å². The van der Waals surface area contributed by atoms with Gasteiger partial charge in [-0.2, -0.15) is 5.10 Å². The van der Waals surface area contributed by atoms with Gasteiger partial charge in [-0.1, -0.05) is 24.6 Å². The number of aryl methyl sites for hydroxylation is 2. The lowest BCUT2D eigenvalue weighted by molar-refractivity contribution is 0.799. The molecule has 3 nitrogen and oxygen atoms in total. The van der Waals surface area contributed by atoms with Gasteiger partial charge in [0.25, 0.3) is 0 Å². The Hall–Kier alpha value is -1.13. The van der Waals surface area contributed by atoms with E-state index >= 15 is 0 Å². The van der Waals surface area contributed by atoms with E-state index in [0.29, 0.717) is 9.79 Å². The molecular formula is C12H14ClN3S. The summed E-state index contributed by atoms with van der Waals surface area (Å²) in [6, 6.07) is 5.78. The standard InChI is InChI=1S/C12H14ClN3S/c1-3-4-11-14-15-12(17)16(11)10-7-9(13)6-5-8(10)2/h5-7H,3-4H2,1-2H3,(H,15,17). The van der Waals surface area contributed by atoms with Gasteiger partial charge in [0, 0.05) is 11.4 Å². The first kappa shape index (κ1) is 12.3. The molecule has 1 N–H and O–H groups in total. The molecule has 0 radical (unpaired) electrons. The Kier molecular flexibility index (Phi) is 3.64. The van der Waals surface area contributed by atoms with Gasteiger partial charge in [-0.15, -0.1) is 0 Å². The zero-order valence-electron chi connectivity index (χ0n) is 9.83. The molecule has 2 aromatic rings. The third kappa shape index (κ3) is 2.42. The summed E-state index contributed by atoms with van der Waals surface area (Å²) >= 11 is 11.3. The van der Waals surface area contributed by atoms with Crippen LogP contribution in [0.1, 0.15) is 24.7 Å². The van der Waals surface area contributed by atoms with E-state index in [4.69, 9.17) is 23.8 Å². The summed E-state index contributed by atoms with van der Waals surface area (Å²) in [4.78, 5) is 0. The Labute approximate surface area is 110 Å². The Morgan fingerprint density at radius 2 is 2.24 bits per heavy atom. The molecule has 1 aromatic carbocycles. The molecule has 17 heavy (non-hydrogen) atoms. The van der Waals surface area contributed by atoms with Gasteiger partial charge in [-0.25, -0.2) is 0 Å². The summed E-state index contributed by atoms with van der Waals surface area (Å²) < 4.78 is 2.57. The maximum absolute atomic E-state index is 6.04. The van der Waals surface area contributed by atoms with E-state index < -0.39 is 0 Å². The SMILES string of the molecule is CCCc1n[nH]c(=S)n1-c1cc(Cl)ccc1C. The molecular weight excluding hydrogens is 254 g/mol. The molecule has 0 aliphatic rings. The normalized spacial score (nSPS) is 10.8. The number of aromatic nitrogens is 3. The second-order valence-corrected chi connectivity index (χ2v) is 4.78. The Bertz CT molecular complexity index is 586. The highest BCUT2D eigenvalue weighted by Gasteiger charge is 2.10. The molecule has 0 aliphatic heterocycles. The number of halogens is 1. The number of rotatable bonds is 3. The lowest BCUT2D eigenvalue weighted by Crippen LogP contribution is -2.03. The maximum atomic E-state index is 6.04. The predicted octanol–water partition coefficient (Wildman–Crippen LogP) is 3.84. The number of hydrogen-bond acceptors (Lipinski definition) is 2.